The van der Waals surface area contributed by atoms with Gasteiger partial charge in [-0.1, -0.05) is 11.3 Å². The van der Waals surface area contributed by atoms with Crippen molar-refractivity contribution in [2.75, 3.05) is 10.6 Å². The second-order valence-corrected chi connectivity index (χ2v) is 5.23. The lowest BCUT2D eigenvalue weighted by Crippen LogP contribution is -2.14. The standard InChI is InChI=1S/C12H9N5O4S/c1-6-16-17-12(22-6)15-9(18)7-5-21-11(13-7)14-10(19)8-3-2-4-20-8/h2-5H,1H3,(H,13,14,19)(H,15,17,18). The molecule has 0 unspecified atom stereocenters. The average molecular weight is 319 g/mol. The second kappa shape index (κ2) is 5.77. The van der Waals surface area contributed by atoms with E-state index in [1.807, 2.05) is 0 Å². The molecule has 0 fully saturated rings. The molecule has 10 heteroatoms. The monoisotopic (exact) mass is 319 g/mol. The summed E-state index contributed by atoms with van der Waals surface area (Å²) in [5.41, 5.74) is 0.00241. The van der Waals surface area contributed by atoms with Crippen LogP contribution in [0.15, 0.2) is 33.5 Å². The molecule has 3 aromatic rings. The van der Waals surface area contributed by atoms with Crippen LogP contribution in [0.4, 0.5) is 11.1 Å². The van der Waals surface area contributed by atoms with Crippen LogP contribution >= 0.6 is 11.3 Å². The Hall–Kier alpha value is -3.01. The number of nitrogens with one attached hydrogen (secondary N) is 2. The fraction of sp³-hybridized carbons (Fsp3) is 0.0833. The Balaban J connectivity index is 1.65. The third-order valence-corrected chi connectivity index (χ3v) is 3.20. The second-order valence-electron chi connectivity index (χ2n) is 4.05. The maximum Gasteiger partial charge on any atom is 0.302 e. The molecule has 0 bridgehead atoms. The third-order valence-electron chi connectivity index (χ3n) is 2.45. The van der Waals surface area contributed by atoms with Gasteiger partial charge >= 0.3 is 6.01 Å². The Labute approximate surface area is 127 Å². The summed E-state index contributed by atoms with van der Waals surface area (Å²) in [4.78, 5) is 27.5. The molecular formula is C12H9N5O4S. The fourth-order valence-electron chi connectivity index (χ4n) is 1.51. The number of amides is 2. The molecule has 2 amide bonds. The van der Waals surface area contributed by atoms with Crippen LogP contribution in [0.25, 0.3) is 0 Å². The number of anilines is 2. The van der Waals surface area contributed by atoms with Crippen molar-refractivity contribution in [1.29, 1.82) is 0 Å². The molecule has 0 aliphatic rings. The van der Waals surface area contributed by atoms with Crippen molar-refractivity contribution in [3.63, 3.8) is 0 Å². The Kier molecular flexibility index (Phi) is 3.66. The van der Waals surface area contributed by atoms with E-state index in [1.165, 1.54) is 23.7 Å². The number of furan rings is 1. The first-order chi connectivity index (χ1) is 10.6. The third kappa shape index (κ3) is 3.01. The van der Waals surface area contributed by atoms with Gasteiger partial charge in [-0.05, 0) is 19.1 Å². The number of carbonyl (C=O) groups is 2. The lowest BCUT2D eigenvalue weighted by Gasteiger charge is -1.96. The van der Waals surface area contributed by atoms with Crippen LogP contribution in [-0.2, 0) is 0 Å². The lowest BCUT2D eigenvalue weighted by atomic mass is 10.4. The van der Waals surface area contributed by atoms with Gasteiger partial charge in [0.15, 0.2) is 11.5 Å². The Morgan fingerprint density at radius 1 is 1.18 bits per heavy atom. The van der Waals surface area contributed by atoms with E-state index in [0.29, 0.717) is 5.13 Å². The Morgan fingerprint density at radius 2 is 2.05 bits per heavy atom. The first-order valence-corrected chi connectivity index (χ1v) is 6.85. The van der Waals surface area contributed by atoms with Crippen molar-refractivity contribution in [3.05, 3.63) is 41.1 Å². The first kappa shape index (κ1) is 13.9. The van der Waals surface area contributed by atoms with Gasteiger partial charge in [0, 0.05) is 0 Å². The molecule has 9 nitrogen and oxygen atoms in total. The largest absolute Gasteiger partial charge is 0.459 e. The molecule has 0 aliphatic heterocycles. The number of carbonyl (C=O) groups excluding carboxylic acids is 2. The SMILES string of the molecule is Cc1nnc(NC(=O)c2coc(NC(=O)c3ccco3)n2)s1. The lowest BCUT2D eigenvalue weighted by molar-refractivity contribution is 0.0990. The van der Waals surface area contributed by atoms with Gasteiger partial charge < -0.3 is 8.83 Å². The number of oxazole rings is 1. The minimum atomic E-state index is -0.529. The van der Waals surface area contributed by atoms with Crippen LogP contribution in [0.2, 0.25) is 0 Å². The maximum absolute atomic E-state index is 11.9. The summed E-state index contributed by atoms with van der Waals surface area (Å²) in [5, 5.41) is 13.5. The van der Waals surface area contributed by atoms with Crippen LogP contribution in [0.1, 0.15) is 26.1 Å². The summed E-state index contributed by atoms with van der Waals surface area (Å²) >= 11 is 1.23. The van der Waals surface area contributed by atoms with E-state index in [4.69, 9.17) is 8.83 Å². The zero-order chi connectivity index (χ0) is 15.5. The average Bonchev–Trinajstić information content (AvgIpc) is 3.20. The van der Waals surface area contributed by atoms with E-state index < -0.39 is 11.8 Å². The zero-order valence-corrected chi connectivity index (χ0v) is 12.0. The van der Waals surface area contributed by atoms with E-state index in [-0.39, 0.29) is 17.5 Å². The first-order valence-electron chi connectivity index (χ1n) is 6.03. The molecular weight excluding hydrogens is 310 g/mol. The quantitative estimate of drug-likeness (QED) is 0.753. The summed E-state index contributed by atoms with van der Waals surface area (Å²) in [6, 6.07) is 2.96. The van der Waals surface area contributed by atoms with Crippen LogP contribution < -0.4 is 10.6 Å². The molecule has 0 radical (unpaired) electrons. The molecule has 3 aromatic heterocycles. The van der Waals surface area contributed by atoms with Crippen molar-refractivity contribution < 1.29 is 18.4 Å². The van der Waals surface area contributed by atoms with E-state index >= 15 is 0 Å². The number of nitrogens with zero attached hydrogens (tertiary/aromatic N) is 3. The van der Waals surface area contributed by atoms with Crippen LogP contribution in [-0.4, -0.2) is 27.0 Å². The highest BCUT2D eigenvalue weighted by Gasteiger charge is 2.17. The topological polar surface area (TPSA) is 123 Å². The number of aryl methyl sites for hydroxylation is 1. The molecule has 112 valence electrons. The number of rotatable bonds is 4. The summed E-state index contributed by atoms with van der Waals surface area (Å²) < 4.78 is 9.95. The number of hydrogen-bond acceptors (Lipinski definition) is 8. The van der Waals surface area contributed by atoms with Crippen molar-refractivity contribution in [3.8, 4) is 0 Å². The minimum absolute atomic E-state index is 0.00241. The van der Waals surface area contributed by atoms with Crippen molar-refractivity contribution in [2.45, 2.75) is 6.92 Å². The van der Waals surface area contributed by atoms with Gasteiger partial charge in [-0.2, -0.15) is 4.98 Å². The highest BCUT2D eigenvalue weighted by Crippen LogP contribution is 2.16. The molecule has 0 spiro atoms. The van der Waals surface area contributed by atoms with Crippen molar-refractivity contribution in [1.82, 2.24) is 15.2 Å². The fourth-order valence-corrected chi connectivity index (χ4v) is 2.10. The summed E-state index contributed by atoms with van der Waals surface area (Å²) in [6.45, 7) is 1.77. The highest BCUT2D eigenvalue weighted by atomic mass is 32.1. The summed E-state index contributed by atoms with van der Waals surface area (Å²) in [5.74, 6) is -0.939. The smallest absolute Gasteiger partial charge is 0.302 e. The molecule has 22 heavy (non-hydrogen) atoms. The van der Waals surface area contributed by atoms with Crippen molar-refractivity contribution >= 4 is 34.3 Å². The number of aromatic nitrogens is 3. The summed E-state index contributed by atoms with van der Waals surface area (Å²) in [6.07, 6.45) is 2.49. The van der Waals surface area contributed by atoms with E-state index in [1.54, 1.807) is 13.0 Å². The molecule has 0 aromatic carbocycles. The van der Waals surface area contributed by atoms with Crippen LogP contribution in [0, 0.1) is 6.92 Å². The van der Waals surface area contributed by atoms with Gasteiger partial charge in [-0.15, -0.1) is 10.2 Å². The van der Waals surface area contributed by atoms with Gasteiger partial charge in [-0.25, -0.2) is 0 Å². The van der Waals surface area contributed by atoms with Gasteiger partial charge in [0.2, 0.25) is 5.13 Å². The zero-order valence-electron chi connectivity index (χ0n) is 11.2. The predicted octanol–water partition coefficient (Wildman–Crippen LogP) is 1.93. The normalized spacial score (nSPS) is 10.4. The van der Waals surface area contributed by atoms with Gasteiger partial charge in [0.1, 0.15) is 11.3 Å². The molecule has 0 atom stereocenters. The van der Waals surface area contributed by atoms with E-state index in [2.05, 4.69) is 25.8 Å². The molecule has 3 rings (SSSR count). The number of hydrogen-bond donors (Lipinski definition) is 2. The maximum atomic E-state index is 11.9. The van der Waals surface area contributed by atoms with E-state index in [0.717, 1.165) is 11.3 Å². The molecule has 2 N–H and O–H groups in total. The van der Waals surface area contributed by atoms with Crippen molar-refractivity contribution in [2.24, 2.45) is 0 Å². The van der Waals surface area contributed by atoms with Crippen LogP contribution in [0.5, 0.6) is 0 Å². The summed E-state index contributed by atoms with van der Waals surface area (Å²) in [7, 11) is 0. The Morgan fingerprint density at radius 3 is 2.73 bits per heavy atom. The predicted molar refractivity (Wildman–Crippen MR) is 75.8 cm³/mol. The minimum Gasteiger partial charge on any atom is -0.459 e. The molecule has 0 saturated carbocycles. The van der Waals surface area contributed by atoms with Crippen LogP contribution in [0.3, 0.4) is 0 Å². The van der Waals surface area contributed by atoms with Gasteiger partial charge in [0.25, 0.3) is 11.8 Å². The van der Waals surface area contributed by atoms with E-state index in [9.17, 15) is 9.59 Å². The molecule has 0 aliphatic carbocycles. The molecule has 0 saturated heterocycles. The Bertz CT molecular complexity index is 807. The van der Waals surface area contributed by atoms with Gasteiger partial charge in [-0.3, -0.25) is 20.2 Å². The molecule has 3 heterocycles. The highest BCUT2D eigenvalue weighted by molar-refractivity contribution is 7.15. The van der Waals surface area contributed by atoms with Gasteiger partial charge in [0.05, 0.1) is 6.26 Å².